The minimum Gasteiger partial charge on any atom is -0.325 e. The summed E-state index contributed by atoms with van der Waals surface area (Å²) in [7, 11) is -3.50. The van der Waals surface area contributed by atoms with Crippen molar-refractivity contribution in [3.8, 4) is 0 Å². The van der Waals surface area contributed by atoms with Crippen molar-refractivity contribution < 1.29 is 13.2 Å². The third-order valence-corrected chi connectivity index (χ3v) is 7.03. The smallest absolute Gasteiger partial charge is 0.243 e. The van der Waals surface area contributed by atoms with Gasteiger partial charge in [0.1, 0.15) is 0 Å². The van der Waals surface area contributed by atoms with Crippen molar-refractivity contribution >= 4 is 21.6 Å². The van der Waals surface area contributed by atoms with Crippen LogP contribution in [0.15, 0.2) is 29.2 Å². The number of rotatable bonds is 5. The Kier molecular flexibility index (Phi) is 6.29. The van der Waals surface area contributed by atoms with E-state index in [2.05, 4.69) is 15.5 Å². The summed E-state index contributed by atoms with van der Waals surface area (Å²) in [5.41, 5.74) is 0.523. The van der Waals surface area contributed by atoms with E-state index in [0.29, 0.717) is 18.8 Å². The lowest BCUT2D eigenvalue weighted by molar-refractivity contribution is -0.120. The zero-order valence-corrected chi connectivity index (χ0v) is 16.1. The van der Waals surface area contributed by atoms with Crippen molar-refractivity contribution in [1.29, 1.82) is 0 Å². The topological polar surface area (TPSA) is 81.8 Å². The molecule has 8 heteroatoms. The number of carbonyl (C=O) groups excluding carboxylic acids is 1. The van der Waals surface area contributed by atoms with E-state index in [1.54, 1.807) is 28.6 Å². The van der Waals surface area contributed by atoms with Crippen molar-refractivity contribution in [2.45, 2.75) is 37.1 Å². The highest BCUT2D eigenvalue weighted by molar-refractivity contribution is 7.89. The first-order valence-corrected chi connectivity index (χ1v) is 10.8. The summed E-state index contributed by atoms with van der Waals surface area (Å²) < 4.78 is 27.2. The molecule has 144 valence electrons. The Balaban J connectivity index is 1.69. The highest BCUT2D eigenvalue weighted by atomic mass is 32.2. The van der Waals surface area contributed by atoms with Gasteiger partial charge in [0.05, 0.1) is 10.9 Å². The average Bonchev–Trinajstić information content (AvgIpc) is 2.69. The first-order chi connectivity index (χ1) is 12.5. The van der Waals surface area contributed by atoms with Gasteiger partial charge in [-0.15, -0.1) is 0 Å². The molecule has 0 aromatic heterocycles. The Morgan fingerprint density at radius 3 is 2.50 bits per heavy atom. The number of anilines is 1. The minimum absolute atomic E-state index is 0.112. The number of hydrogen-bond donors (Lipinski definition) is 2. The number of amides is 1. The Morgan fingerprint density at radius 2 is 1.81 bits per heavy atom. The number of benzene rings is 1. The molecular weight excluding hydrogens is 352 g/mol. The summed E-state index contributed by atoms with van der Waals surface area (Å²) >= 11 is 0. The molecule has 1 unspecified atom stereocenters. The highest BCUT2D eigenvalue weighted by Gasteiger charge is 2.27. The van der Waals surface area contributed by atoms with Crippen LogP contribution in [0.3, 0.4) is 0 Å². The van der Waals surface area contributed by atoms with Crippen LogP contribution in [0.5, 0.6) is 0 Å². The predicted molar refractivity (Wildman–Crippen MR) is 102 cm³/mol. The number of piperidine rings is 1. The molecule has 7 nitrogen and oxygen atoms in total. The van der Waals surface area contributed by atoms with Crippen molar-refractivity contribution in [2.75, 3.05) is 44.6 Å². The van der Waals surface area contributed by atoms with Gasteiger partial charge in [0.15, 0.2) is 0 Å². The molecule has 3 rings (SSSR count). The molecule has 0 radical (unpaired) electrons. The Hall–Kier alpha value is -1.48. The minimum atomic E-state index is -3.50. The average molecular weight is 381 g/mol. The first-order valence-electron chi connectivity index (χ1n) is 9.34. The van der Waals surface area contributed by atoms with Gasteiger partial charge < -0.3 is 10.6 Å². The molecule has 2 heterocycles. The Labute approximate surface area is 155 Å². The van der Waals surface area contributed by atoms with E-state index in [-0.39, 0.29) is 16.8 Å². The molecule has 0 saturated carbocycles. The Morgan fingerprint density at radius 1 is 1.12 bits per heavy atom. The van der Waals surface area contributed by atoms with Crippen LogP contribution in [0.4, 0.5) is 5.69 Å². The standard InChI is InChI=1S/C18H28N4O3S/c1-15(21-12-8-19-9-13-21)18(23)20-16-6-5-7-17(14-16)26(24,25)22-10-3-2-4-11-22/h5-7,14-15,19H,2-4,8-13H2,1H3,(H,20,23). The van der Waals surface area contributed by atoms with E-state index in [0.717, 1.165) is 45.4 Å². The maximum Gasteiger partial charge on any atom is 0.243 e. The van der Waals surface area contributed by atoms with Gasteiger partial charge >= 0.3 is 0 Å². The molecule has 1 aromatic rings. The molecule has 2 N–H and O–H groups in total. The number of sulfonamides is 1. The van der Waals surface area contributed by atoms with Crippen molar-refractivity contribution in [1.82, 2.24) is 14.5 Å². The molecule has 1 atom stereocenters. The molecule has 2 saturated heterocycles. The van der Waals surface area contributed by atoms with Gasteiger partial charge in [0.25, 0.3) is 0 Å². The summed E-state index contributed by atoms with van der Waals surface area (Å²) in [5.74, 6) is -0.112. The molecule has 0 aliphatic carbocycles. The van der Waals surface area contributed by atoms with Gasteiger partial charge in [0.2, 0.25) is 15.9 Å². The second kappa shape index (κ2) is 8.47. The maximum absolute atomic E-state index is 12.8. The number of carbonyl (C=O) groups is 1. The fourth-order valence-corrected chi connectivity index (χ4v) is 5.03. The van der Waals surface area contributed by atoms with E-state index in [1.807, 2.05) is 6.92 Å². The van der Waals surface area contributed by atoms with E-state index < -0.39 is 10.0 Å². The van der Waals surface area contributed by atoms with Crippen LogP contribution in [0.2, 0.25) is 0 Å². The lowest BCUT2D eigenvalue weighted by Crippen LogP contribution is -2.51. The van der Waals surface area contributed by atoms with Crippen LogP contribution in [0, 0.1) is 0 Å². The second-order valence-corrected chi connectivity index (χ2v) is 8.88. The van der Waals surface area contributed by atoms with E-state index in [4.69, 9.17) is 0 Å². The second-order valence-electron chi connectivity index (χ2n) is 6.94. The van der Waals surface area contributed by atoms with Crippen molar-refractivity contribution in [2.24, 2.45) is 0 Å². The highest BCUT2D eigenvalue weighted by Crippen LogP contribution is 2.23. The number of nitrogens with one attached hydrogen (secondary N) is 2. The van der Waals surface area contributed by atoms with Crippen LogP contribution in [-0.4, -0.2) is 68.8 Å². The molecule has 0 bridgehead atoms. The quantitative estimate of drug-likeness (QED) is 0.799. The Bertz CT molecular complexity index is 726. The summed E-state index contributed by atoms with van der Waals surface area (Å²) in [6.45, 7) is 6.44. The monoisotopic (exact) mass is 380 g/mol. The molecular formula is C18H28N4O3S. The lowest BCUT2D eigenvalue weighted by atomic mass is 10.2. The van der Waals surface area contributed by atoms with Gasteiger partial charge in [-0.1, -0.05) is 12.5 Å². The predicted octanol–water partition coefficient (Wildman–Crippen LogP) is 1.09. The normalized spacial score (nSPS) is 21.3. The number of nitrogens with zero attached hydrogens (tertiary/aromatic N) is 2. The van der Waals surface area contributed by atoms with E-state index >= 15 is 0 Å². The van der Waals surface area contributed by atoms with Gasteiger partial charge in [-0.2, -0.15) is 4.31 Å². The van der Waals surface area contributed by atoms with Crippen LogP contribution in [0.1, 0.15) is 26.2 Å². The fourth-order valence-electron chi connectivity index (χ4n) is 3.47. The van der Waals surface area contributed by atoms with E-state index in [9.17, 15) is 13.2 Å². The molecule has 2 aliphatic rings. The third kappa shape index (κ3) is 4.43. The zero-order chi connectivity index (χ0) is 18.6. The van der Waals surface area contributed by atoms with Crippen LogP contribution >= 0.6 is 0 Å². The van der Waals surface area contributed by atoms with E-state index in [1.165, 1.54) is 0 Å². The third-order valence-electron chi connectivity index (χ3n) is 5.13. The fraction of sp³-hybridized carbons (Fsp3) is 0.611. The number of piperazine rings is 1. The molecule has 0 spiro atoms. The zero-order valence-electron chi connectivity index (χ0n) is 15.3. The first kappa shape index (κ1) is 19.3. The molecule has 2 aliphatic heterocycles. The molecule has 26 heavy (non-hydrogen) atoms. The van der Waals surface area contributed by atoms with Crippen LogP contribution in [0.25, 0.3) is 0 Å². The number of hydrogen-bond acceptors (Lipinski definition) is 5. The molecule has 1 aromatic carbocycles. The van der Waals surface area contributed by atoms with Crippen molar-refractivity contribution in [3.05, 3.63) is 24.3 Å². The van der Waals surface area contributed by atoms with Crippen LogP contribution < -0.4 is 10.6 Å². The summed E-state index contributed by atoms with van der Waals surface area (Å²) in [4.78, 5) is 14.9. The van der Waals surface area contributed by atoms with Gasteiger partial charge in [0, 0.05) is 45.0 Å². The van der Waals surface area contributed by atoms with Crippen molar-refractivity contribution in [3.63, 3.8) is 0 Å². The largest absolute Gasteiger partial charge is 0.325 e. The lowest BCUT2D eigenvalue weighted by Gasteiger charge is -2.31. The summed E-state index contributed by atoms with van der Waals surface area (Å²) in [6, 6.07) is 6.32. The maximum atomic E-state index is 12.8. The molecule has 1 amide bonds. The SMILES string of the molecule is CC(C(=O)Nc1cccc(S(=O)(=O)N2CCCCC2)c1)N1CCNCC1. The van der Waals surface area contributed by atoms with Crippen LogP contribution in [-0.2, 0) is 14.8 Å². The van der Waals surface area contributed by atoms with Gasteiger partial charge in [-0.05, 0) is 38.0 Å². The molecule has 2 fully saturated rings. The van der Waals surface area contributed by atoms with Gasteiger partial charge in [-0.3, -0.25) is 9.69 Å². The summed E-state index contributed by atoms with van der Waals surface area (Å²) in [6.07, 6.45) is 2.88. The van der Waals surface area contributed by atoms with Gasteiger partial charge in [-0.25, -0.2) is 8.42 Å². The summed E-state index contributed by atoms with van der Waals surface area (Å²) in [5, 5.41) is 6.14.